The zero-order chi connectivity index (χ0) is 25.0. The third-order valence-electron chi connectivity index (χ3n) is 6.47. The fourth-order valence-corrected chi connectivity index (χ4v) is 5.72. The van der Waals surface area contributed by atoms with Crippen LogP contribution in [-0.4, -0.2) is 72.6 Å². The Morgan fingerprint density at radius 3 is 2.71 bits per heavy atom. The molecule has 0 aliphatic carbocycles. The van der Waals surface area contributed by atoms with E-state index < -0.39 is 10.0 Å². The maximum Gasteiger partial charge on any atom is 0.211 e. The minimum absolute atomic E-state index is 0.0526. The van der Waals surface area contributed by atoms with Crippen molar-refractivity contribution in [1.82, 2.24) is 19.3 Å². The summed E-state index contributed by atoms with van der Waals surface area (Å²) in [5.74, 6) is 0.679. The molecule has 0 unspecified atom stereocenters. The van der Waals surface area contributed by atoms with Crippen molar-refractivity contribution in [3.8, 4) is 11.3 Å². The van der Waals surface area contributed by atoms with Crippen LogP contribution in [0.4, 0.5) is 5.82 Å². The quantitative estimate of drug-likeness (QED) is 0.540. The van der Waals surface area contributed by atoms with E-state index in [0.717, 1.165) is 32.6 Å². The van der Waals surface area contributed by atoms with Gasteiger partial charge in [0.15, 0.2) is 5.15 Å². The van der Waals surface area contributed by atoms with Gasteiger partial charge in [-0.1, -0.05) is 23.2 Å². The second-order valence-electron chi connectivity index (χ2n) is 9.09. The topological polar surface area (TPSA) is 114 Å². The fourth-order valence-electron chi connectivity index (χ4n) is 4.42. The van der Waals surface area contributed by atoms with Crippen molar-refractivity contribution >= 4 is 44.8 Å². The number of halogens is 2. The zero-order valence-electron chi connectivity index (χ0n) is 19.5. The van der Waals surface area contributed by atoms with E-state index in [1.807, 2.05) is 0 Å². The van der Waals surface area contributed by atoms with Crippen LogP contribution in [0.3, 0.4) is 0 Å². The largest absolute Gasteiger partial charge is 0.381 e. The smallest absolute Gasteiger partial charge is 0.211 e. The number of hydrogen-bond donors (Lipinski definition) is 1. The first-order chi connectivity index (χ1) is 16.7. The van der Waals surface area contributed by atoms with Gasteiger partial charge < -0.3 is 10.1 Å². The Morgan fingerprint density at radius 2 is 1.97 bits per heavy atom. The van der Waals surface area contributed by atoms with Crippen LogP contribution in [0, 0.1) is 11.8 Å². The highest BCUT2D eigenvalue weighted by Crippen LogP contribution is 2.32. The normalized spacial score (nSPS) is 20.0. The number of ether oxygens (including phenoxy) is 1. The number of Topliss-reactive ketones (excluding diaryl/α,β-unsaturated/α-hetero) is 1. The van der Waals surface area contributed by atoms with E-state index in [4.69, 9.17) is 27.9 Å². The van der Waals surface area contributed by atoms with E-state index in [0.29, 0.717) is 53.1 Å². The molecule has 0 aromatic carbocycles. The summed E-state index contributed by atoms with van der Waals surface area (Å²) in [6, 6.07) is 1.70. The fraction of sp³-hybridized carbons (Fsp3) is 0.565. The number of pyridine rings is 1. The van der Waals surface area contributed by atoms with Crippen LogP contribution in [0.5, 0.6) is 0 Å². The molecular formula is C23H29Cl2N5O4S. The number of rotatable bonds is 8. The number of nitrogens with zero attached hydrogens (tertiary/aromatic N) is 4. The highest BCUT2D eigenvalue weighted by molar-refractivity contribution is 7.88. The molecule has 2 aromatic heterocycles. The summed E-state index contributed by atoms with van der Waals surface area (Å²) in [5.41, 5.74) is 1.47. The SMILES string of the molecule is CS(=O)(=O)N1CCC[C@H](C(=O)Cc2cc(-c3nc(NCC4CCOCC4)cnc3Cl)c(Cl)cn2)C1. The average Bonchev–Trinajstić information content (AvgIpc) is 2.85. The van der Waals surface area contributed by atoms with Crippen molar-refractivity contribution in [2.75, 3.05) is 44.4 Å². The summed E-state index contributed by atoms with van der Waals surface area (Å²) in [6.07, 6.45) is 7.61. The monoisotopic (exact) mass is 541 g/mol. The Balaban J connectivity index is 1.48. The Hall–Kier alpha value is -1.85. The van der Waals surface area contributed by atoms with Gasteiger partial charge in [0.05, 0.1) is 17.5 Å². The summed E-state index contributed by atoms with van der Waals surface area (Å²) in [5, 5.41) is 3.87. The molecule has 4 rings (SSSR count). The second kappa shape index (κ2) is 11.5. The molecule has 2 aliphatic rings. The minimum Gasteiger partial charge on any atom is -0.381 e. The number of sulfonamides is 1. The molecule has 35 heavy (non-hydrogen) atoms. The molecule has 0 amide bonds. The molecule has 4 heterocycles. The number of carbonyl (C=O) groups is 1. The zero-order valence-corrected chi connectivity index (χ0v) is 21.9. The van der Waals surface area contributed by atoms with Crippen LogP contribution >= 0.6 is 23.2 Å². The molecule has 0 spiro atoms. The van der Waals surface area contributed by atoms with Crippen molar-refractivity contribution in [3.63, 3.8) is 0 Å². The molecule has 0 saturated carbocycles. The van der Waals surface area contributed by atoms with Crippen LogP contribution in [0.25, 0.3) is 11.3 Å². The lowest BCUT2D eigenvalue weighted by molar-refractivity contribution is -0.123. The number of anilines is 1. The Labute approximate surface area is 215 Å². The van der Waals surface area contributed by atoms with Gasteiger partial charge in [-0.2, -0.15) is 0 Å². The molecule has 2 aliphatic heterocycles. The Kier molecular flexibility index (Phi) is 8.59. The first kappa shape index (κ1) is 26.2. The maximum absolute atomic E-state index is 13.0. The molecule has 0 radical (unpaired) electrons. The number of ketones is 1. The maximum atomic E-state index is 13.0. The predicted octanol–water partition coefficient (Wildman–Crippen LogP) is 3.47. The van der Waals surface area contributed by atoms with Gasteiger partial charge in [-0.3, -0.25) is 9.78 Å². The van der Waals surface area contributed by atoms with Crippen LogP contribution < -0.4 is 5.32 Å². The predicted molar refractivity (Wildman–Crippen MR) is 135 cm³/mol. The first-order valence-electron chi connectivity index (χ1n) is 11.7. The average molecular weight is 542 g/mol. The standard InChI is InChI=1S/C23H29Cl2N5O4S/c1-35(32,33)30-6-2-3-16(14-30)20(31)10-17-9-18(19(24)12-26-17)22-23(25)28-13-21(29-22)27-11-15-4-7-34-8-5-15/h9,12-13,15-16H,2-8,10-11,14H2,1H3,(H,27,29)/t16-/m0/s1. The number of hydrogen-bond acceptors (Lipinski definition) is 8. The van der Waals surface area contributed by atoms with E-state index in [2.05, 4.69) is 20.3 Å². The summed E-state index contributed by atoms with van der Waals surface area (Å²) >= 11 is 12.8. The third kappa shape index (κ3) is 6.89. The van der Waals surface area contributed by atoms with Gasteiger partial charge in [0, 0.05) is 62.6 Å². The van der Waals surface area contributed by atoms with Gasteiger partial charge in [0.25, 0.3) is 0 Å². The number of nitrogens with one attached hydrogen (secondary N) is 1. The first-order valence-corrected chi connectivity index (χ1v) is 14.3. The Morgan fingerprint density at radius 1 is 1.20 bits per heavy atom. The summed E-state index contributed by atoms with van der Waals surface area (Å²) in [4.78, 5) is 26.2. The highest BCUT2D eigenvalue weighted by atomic mass is 35.5. The lowest BCUT2D eigenvalue weighted by atomic mass is 9.92. The molecule has 2 saturated heterocycles. The molecule has 0 bridgehead atoms. The molecule has 9 nitrogen and oxygen atoms in total. The molecule has 2 aromatic rings. The van der Waals surface area contributed by atoms with Crippen LogP contribution in [0.15, 0.2) is 18.5 Å². The molecule has 190 valence electrons. The van der Waals surface area contributed by atoms with Crippen molar-refractivity contribution in [1.29, 1.82) is 0 Å². The molecule has 1 atom stereocenters. The van der Waals surface area contributed by atoms with E-state index in [1.54, 1.807) is 12.3 Å². The summed E-state index contributed by atoms with van der Waals surface area (Å²) < 4.78 is 30.6. The van der Waals surface area contributed by atoms with Crippen LogP contribution in [-0.2, 0) is 26.0 Å². The molecule has 1 N–H and O–H groups in total. The molecule has 12 heteroatoms. The highest BCUT2D eigenvalue weighted by Gasteiger charge is 2.30. The van der Waals surface area contributed by atoms with Gasteiger partial charge in [0.1, 0.15) is 17.3 Å². The third-order valence-corrected chi connectivity index (χ3v) is 8.32. The van der Waals surface area contributed by atoms with E-state index in [1.165, 1.54) is 16.8 Å². The lowest BCUT2D eigenvalue weighted by Gasteiger charge is -2.30. The van der Waals surface area contributed by atoms with Crippen molar-refractivity contribution in [3.05, 3.63) is 34.3 Å². The number of aromatic nitrogens is 3. The van der Waals surface area contributed by atoms with E-state index >= 15 is 0 Å². The molecule has 2 fully saturated rings. The van der Waals surface area contributed by atoms with Gasteiger partial charge in [-0.15, -0.1) is 0 Å². The van der Waals surface area contributed by atoms with Crippen molar-refractivity contribution in [2.24, 2.45) is 11.8 Å². The number of piperidine rings is 1. The van der Waals surface area contributed by atoms with Crippen LogP contribution in [0.1, 0.15) is 31.4 Å². The van der Waals surface area contributed by atoms with Crippen molar-refractivity contribution in [2.45, 2.75) is 32.1 Å². The van der Waals surface area contributed by atoms with Gasteiger partial charge >= 0.3 is 0 Å². The summed E-state index contributed by atoms with van der Waals surface area (Å²) in [6.45, 7) is 2.95. The van der Waals surface area contributed by atoms with E-state index in [-0.39, 0.29) is 29.8 Å². The van der Waals surface area contributed by atoms with Crippen molar-refractivity contribution < 1.29 is 17.9 Å². The van der Waals surface area contributed by atoms with Gasteiger partial charge in [-0.25, -0.2) is 22.7 Å². The lowest BCUT2D eigenvalue weighted by Crippen LogP contribution is -2.42. The Bertz CT molecular complexity index is 1170. The molecular weight excluding hydrogens is 513 g/mol. The van der Waals surface area contributed by atoms with Gasteiger partial charge in [0.2, 0.25) is 10.0 Å². The summed E-state index contributed by atoms with van der Waals surface area (Å²) in [7, 11) is -3.33. The number of carbonyl (C=O) groups excluding carboxylic acids is 1. The van der Waals surface area contributed by atoms with E-state index in [9.17, 15) is 13.2 Å². The second-order valence-corrected chi connectivity index (χ2v) is 11.8. The van der Waals surface area contributed by atoms with Gasteiger partial charge in [-0.05, 0) is 37.7 Å². The minimum atomic E-state index is -3.33. The van der Waals surface area contributed by atoms with Crippen LogP contribution in [0.2, 0.25) is 10.2 Å².